The van der Waals surface area contributed by atoms with Gasteiger partial charge in [0.1, 0.15) is 0 Å². The van der Waals surface area contributed by atoms with Crippen molar-refractivity contribution in [3.63, 3.8) is 0 Å². The van der Waals surface area contributed by atoms with Gasteiger partial charge >= 0.3 is 0 Å². The molecule has 1 rings (SSSR count). The summed E-state index contributed by atoms with van der Waals surface area (Å²) in [7, 11) is 2.13. The lowest BCUT2D eigenvalue weighted by molar-refractivity contribution is -0.131. The summed E-state index contributed by atoms with van der Waals surface area (Å²) >= 11 is 0. The van der Waals surface area contributed by atoms with E-state index in [0.29, 0.717) is 12.1 Å². The van der Waals surface area contributed by atoms with Crippen LogP contribution in [0.15, 0.2) is 0 Å². The zero-order chi connectivity index (χ0) is 11.4. The number of nitrogens with two attached hydrogens (primary N) is 1. The molecule has 1 aliphatic rings. The van der Waals surface area contributed by atoms with Crippen molar-refractivity contribution in [1.82, 2.24) is 9.80 Å². The van der Waals surface area contributed by atoms with Gasteiger partial charge in [-0.2, -0.15) is 0 Å². The number of likely N-dealkylation sites (tertiary alicyclic amines) is 1. The van der Waals surface area contributed by atoms with Crippen LogP contribution in [0.4, 0.5) is 0 Å². The number of carbonyl (C=O) groups excluding carboxylic acids is 1. The molecule has 4 heteroatoms. The quantitative estimate of drug-likeness (QED) is 0.732. The molecule has 4 nitrogen and oxygen atoms in total. The summed E-state index contributed by atoms with van der Waals surface area (Å²) in [5.74, 6) is 0.0804. The van der Waals surface area contributed by atoms with Crippen LogP contribution < -0.4 is 5.73 Å². The van der Waals surface area contributed by atoms with Crippen LogP contribution in [0.25, 0.3) is 0 Å². The van der Waals surface area contributed by atoms with E-state index in [9.17, 15) is 4.79 Å². The molecule has 0 saturated carbocycles. The highest BCUT2D eigenvalue weighted by atomic mass is 16.2. The molecule has 88 valence electrons. The smallest absolute Gasteiger partial charge is 0.236 e. The van der Waals surface area contributed by atoms with Gasteiger partial charge in [-0.15, -0.1) is 0 Å². The summed E-state index contributed by atoms with van der Waals surface area (Å²) in [4.78, 5) is 15.7. The van der Waals surface area contributed by atoms with Crippen LogP contribution >= 0.6 is 0 Å². The zero-order valence-electron chi connectivity index (χ0n) is 10.1. The first-order valence-electron chi connectivity index (χ1n) is 5.76. The molecule has 1 saturated heterocycles. The summed E-state index contributed by atoms with van der Waals surface area (Å²) < 4.78 is 0. The van der Waals surface area contributed by atoms with Crippen LogP contribution in [-0.2, 0) is 4.79 Å². The van der Waals surface area contributed by atoms with Gasteiger partial charge in [-0.05, 0) is 33.7 Å². The van der Waals surface area contributed by atoms with E-state index in [1.807, 2.05) is 4.90 Å². The van der Waals surface area contributed by atoms with Crippen LogP contribution in [-0.4, -0.2) is 54.5 Å². The molecule has 15 heavy (non-hydrogen) atoms. The molecule has 0 bridgehead atoms. The summed E-state index contributed by atoms with van der Waals surface area (Å²) in [6, 6.07) is 1.03. The molecule has 0 aromatic carbocycles. The first kappa shape index (κ1) is 12.5. The Bertz CT molecular complexity index is 218. The van der Waals surface area contributed by atoms with Crippen LogP contribution in [0.5, 0.6) is 0 Å². The molecule has 2 N–H and O–H groups in total. The molecule has 0 radical (unpaired) electrons. The monoisotopic (exact) mass is 213 g/mol. The van der Waals surface area contributed by atoms with Crippen LogP contribution in [0, 0.1) is 0 Å². The van der Waals surface area contributed by atoms with Crippen LogP contribution in [0.3, 0.4) is 0 Å². The maximum atomic E-state index is 11.5. The minimum Gasteiger partial charge on any atom is -0.340 e. The highest BCUT2D eigenvalue weighted by Gasteiger charge is 2.26. The third-order valence-corrected chi connectivity index (χ3v) is 3.31. The standard InChI is InChI=1S/C11H23N3O/c1-9(2)13(3)10-5-4-6-14(8-10)11(15)7-12/h9-10H,4-8,12H2,1-3H3/t10-/m1/s1. The van der Waals surface area contributed by atoms with Gasteiger partial charge in [0.05, 0.1) is 6.54 Å². The van der Waals surface area contributed by atoms with E-state index in [1.165, 1.54) is 6.42 Å². The Labute approximate surface area is 92.4 Å². The average molecular weight is 213 g/mol. The minimum absolute atomic E-state index is 0.0804. The Balaban J connectivity index is 2.52. The lowest BCUT2D eigenvalue weighted by Crippen LogP contribution is -2.51. The lowest BCUT2D eigenvalue weighted by Gasteiger charge is -2.39. The molecule has 1 atom stereocenters. The van der Waals surface area contributed by atoms with Crippen molar-refractivity contribution >= 4 is 5.91 Å². The van der Waals surface area contributed by atoms with Gasteiger partial charge in [0.25, 0.3) is 0 Å². The second-order valence-corrected chi connectivity index (χ2v) is 4.60. The van der Waals surface area contributed by atoms with Crippen LogP contribution in [0.1, 0.15) is 26.7 Å². The van der Waals surface area contributed by atoms with E-state index in [1.54, 1.807) is 0 Å². The van der Waals surface area contributed by atoms with E-state index in [0.717, 1.165) is 19.5 Å². The first-order valence-corrected chi connectivity index (χ1v) is 5.76. The Morgan fingerprint density at radius 2 is 2.27 bits per heavy atom. The number of nitrogens with zero attached hydrogens (tertiary/aromatic N) is 2. The molecule has 1 aliphatic heterocycles. The summed E-state index contributed by atoms with van der Waals surface area (Å²) in [6.45, 7) is 6.22. The first-order chi connectivity index (χ1) is 7.06. The fourth-order valence-electron chi connectivity index (χ4n) is 2.06. The molecule has 0 aromatic heterocycles. The highest BCUT2D eigenvalue weighted by Crippen LogP contribution is 2.16. The minimum atomic E-state index is 0.0804. The van der Waals surface area contributed by atoms with Gasteiger partial charge in [0, 0.05) is 25.2 Å². The topological polar surface area (TPSA) is 49.6 Å². The van der Waals surface area contributed by atoms with Crippen molar-refractivity contribution in [2.45, 2.75) is 38.8 Å². The SMILES string of the molecule is CC(C)N(C)[C@@H]1CCCN(C(=O)CN)C1. The van der Waals surface area contributed by atoms with Gasteiger partial charge in [-0.1, -0.05) is 0 Å². The summed E-state index contributed by atoms with van der Waals surface area (Å²) in [6.07, 6.45) is 2.27. The van der Waals surface area contributed by atoms with E-state index in [2.05, 4.69) is 25.8 Å². The van der Waals surface area contributed by atoms with Crippen molar-refractivity contribution in [1.29, 1.82) is 0 Å². The van der Waals surface area contributed by atoms with Gasteiger partial charge in [0.2, 0.25) is 5.91 Å². The maximum Gasteiger partial charge on any atom is 0.236 e. The summed E-state index contributed by atoms with van der Waals surface area (Å²) in [5, 5.41) is 0. The number of carbonyl (C=O) groups is 1. The number of amides is 1. The predicted molar refractivity (Wildman–Crippen MR) is 61.6 cm³/mol. The largest absolute Gasteiger partial charge is 0.340 e. The normalized spacial score (nSPS) is 22.5. The number of piperidine rings is 1. The number of likely N-dealkylation sites (N-methyl/N-ethyl adjacent to an activating group) is 1. The molecular formula is C11H23N3O. The fraction of sp³-hybridized carbons (Fsp3) is 0.909. The average Bonchev–Trinajstić information content (AvgIpc) is 2.27. The van der Waals surface area contributed by atoms with Gasteiger partial charge in [-0.25, -0.2) is 0 Å². The second-order valence-electron chi connectivity index (χ2n) is 4.60. The number of rotatable bonds is 3. The van der Waals surface area contributed by atoms with Crippen molar-refractivity contribution in [3.8, 4) is 0 Å². The van der Waals surface area contributed by atoms with Crippen LogP contribution in [0.2, 0.25) is 0 Å². The Hall–Kier alpha value is -0.610. The molecule has 0 spiro atoms. The summed E-state index contributed by atoms with van der Waals surface area (Å²) in [5.41, 5.74) is 5.38. The molecule has 0 unspecified atom stereocenters. The van der Waals surface area contributed by atoms with Crippen molar-refractivity contribution in [2.75, 3.05) is 26.7 Å². The van der Waals surface area contributed by atoms with Gasteiger partial charge in [0.15, 0.2) is 0 Å². The number of hydrogen-bond donors (Lipinski definition) is 1. The fourth-order valence-corrected chi connectivity index (χ4v) is 2.06. The molecule has 0 aliphatic carbocycles. The maximum absolute atomic E-state index is 11.5. The Morgan fingerprint density at radius 1 is 1.60 bits per heavy atom. The van der Waals surface area contributed by atoms with E-state index >= 15 is 0 Å². The highest BCUT2D eigenvalue weighted by molar-refractivity contribution is 5.78. The molecule has 0 aromatic rings. The zero-order valence-corrected chi connectivity index (χ0v) is 10.1. The third kappa shape index (κ3) is 3.18. The Kier molecular flexibility index (Phi) is 4.54. The van der Waals surface area contributed by atoms with E-state index in [4.69, 9.17) is 5.73 Å². The van der Waals surface area contributed by atoms with Crippen molar-refractivity contribution < 1.29 is 4.79 Å². The van der Waals surface area contributed by atoms with Crippen molar-refractivity contribution in [2.24, 2.45) is 5.73 Å². The Morgan fingerprint density at radius 3 is 2.80 bits per heavy atom. The molecular weight excluding hydrogens is 190 g/mol. The number of hydrogen-bond acceptors (Lipinski definition) is 3. The van der Waals surface area contributed by atoms with Gasteiger partial charge in [-0.3, -0.25) is 9.69 Å². The third-order valence-electron chi connectivity index (χ3n) is 3.31. The lowest BCUT2D eigenvalue weighted by atomic mass is 10.0. The van der Waals surface area contributed by atoms with Gasteiger partial charge < -0.3 is 10.6 Å². The molecule has 1 heterocycles. The molecule has 1 fully saturated rings. The van der Waals surface area contributed by atoms with E-state index < -0.39 is 0 Å². The van der Waals surface area contributed by atoms with E-state index in [-0.39, 0.29) is 12.5 Å². The second kappa shape index (κ2) is 5.47. The molecule has 1 amide bonds. The van der Waals surface area contributed by atoms with Crippen molar-refractivity contribution in [3.05, 3.63) is 0 Å². The predicted octanol–water partition coefficient (Wildman–Crippen LogP) is 0.276.